The predicted octanol–water partition coefficient (Wildman–Crippen LogP) is 0.344. The molecule has 2 saturated heterocycles. The Hall–Kier alpha value is -0.910. The van der Waals surface area contributed by atoms with E-state index in [0.29, 0.717) is 0 Å². The van der Waals surface area contributed by atoms with Gasteiger partial charge >= 0.3 is 5.97 Å². The predicted molar refractivity (Wildman–Crippen MR) is 47.7 cm³/mol. The number of ether oxygens (including phenoxy) is 4. The molecule has 15 heavy (non-hydrogen) atoms. The number of fused-ring (bicyclic) bond motifs is 3. The van der Waals surface area contributed by atoms with Crippen molar-refractivity contribution in [2.75, 3.05) is 0 Å². The zero-order valence-corrected chi connectivity index (χ0v) is 8.51. The first-order chi connectivity index (χ1) is 7.05. The zero-order chi connectivity index (χ0) is 10.6. The molecule has 3 rings (SSSR count). The van der Waals surface area contributed by atoms with Crippen LogP contribution >= 0.6 is 0 Å². The summed E-state index contributed by atoms with van der Waals surface area (Å²) >= 11 is 0. The maximum Gasteiger partial charge on any atom is 0.330 e. The molecule has 3 aliphatic rings. The fourth-order valence-corrected chi connectivity index (χ4v) is 2.14. The van der Waals surface area contributed by atoms with Crippen LogP contribution in [-0.2, 0) is 23.7 Å². The van der Waals surface area contributed by atoms with Crippen LogP contribution in [0.2, 0.25) is 0 Å². The smallest absolute Gasteiger partial charge is 0.330 e. The van der Waals surface area contributed by atoms with E-state index in [4.69, 9.17) is 18.9 Å². The van der Waals surface area contributed by atoms with Crippen molar-refractivity contribution in [2.24, 2.45) is 0 Å². The molecule has 0 aromatic carbocycles. The molecule has 0 aromatic heterocycles. The Kier molecular flexibility index (Phi) is 1.75. The topological polar surface area (TPSA) is 54.0 Å². The summed E-state index contributed by atoms with van der Waals surface area (Å²) in [4.78, 5) is 11.1. The van der Waals surface area contributed by atoms with Crippen LogP contribution in [0.25, 0.3) is 0 Å². The molecule has 5 heteroatoms. The molecule has 5 nitrogen and oxygen atoms in total. The van der Waals surface area contributed by atoms with Crippen LogP contribution in [0.3, 0.4) is 0 Å². The minimum absolute atomic E-state index is 0.242. The van der Waals surface area contributed by atoms with Crippen LogP contribution in [0.4, 0.5) is 0 Å². The Morgan fingerprint density at radius 3 is 2.87 bits per heavy atom. The number of esters is 1. The minimum atomic E-state index is -0.673. The lowest BCUT2D eigenvalue weighted by atomic mass is 10.1. The van der Waals surface area contributed by atoms with Crippen molar-refractivity contribution in [1.82, 2.24) is 0 Å². The highest BCUT2D eigenvalue weighted by Crippen LogP contribution is 2.39. The first-order valence-electron chi connectivity index (χ1n) is 4.95. The molecule has 0 amide bonds. The largest absolute Gasteiger partial charge is 0.453 e. The third kappa shape index (κ3) is 1.39. The Bertz CT molecular complexity index is 335. The first kappa shape index (κ1) is 9.33. The zero-order valence-electron chi connectivity index (χ0n) is 8.51. The van der Waals surface area contributed by atoms with Gasteiger partial charge < -0.3 is 18.9 Å². The monoisotopic (exact) mass is 212 g/mol. The van der Waals surface area contributed by atoms with Gasteiger partial charge in [-0.05, 0) is 19.9 Å². The lowest BCUT2D eigenvalue weighted by molar-refractivity contribution is -0.213. The average molecular weight is 212 g/mol. The molecule has 0 aliphatic carbocycles. The highest BCUT2D eigenvalue weighted by atomic mass is 16.8. The fourth-order valence-electron chi connectivity index (χ4n) is 2.14. The first-order valence-corrected chi connectivity index (χ1v) is 4.95. The molecule has 82 valence electrons. The van der Waals surface area contributed by atoms with Crippen LogP contribution < -0.4 is 0 Å². The fraction of sp³-hybridized carbons (Fsp3) is 0.700. The molecule has 2 fully saturated rings. The van der Waals surface area contributed by atoms with E-state index in [0.717, 1.165) is 0 Å². The Morgan fingerprint density at radius 1 is 1.27 bits per heavy atom. The normalized spacial score (nSPS) is 46.1. The standard InChI is InChI=1S/C10H12O5/c1-10(2)14-8-7-5(12-9(8)15-10)3-4-6(11)13-7/h3-5,7-9H,1-2H3/t5-,7+,8-,9-/m1/s1. The van der Waals surface area contributed by atoms with E-state index in [9.17, 15) is 4.79 Å². The highest BCUT2D eigenvalue weighted by Gasteiger charge is 2.56. The summed E-state index contributed by atoms with van der Waals surface area (Å²) < 4.78 is 21.9. The van der Waals surface area contributed by atoms with Crippen molar-refractivity contribution >= 4 is 5.97 Å². The van der Waals surface area contributed by atoms with Gasteiger partial charge in [-0.2, -0.15) is 0 Å². The molecule has 3 aliphatic heterocycles. The molecule has 0 radical (unpaired) electrons. The third-order valence-corrected chi connectivity index (χ3v) is 2.70. The molecule has 0 spiro atoms. The van der Waals surface area contributed by atoms with Crippen LogP contribution in [0, 0.1) is 0 Å². The summed E-state index contributed by atoms with van der Waals surface area (Å²) in [5, 5.41) is 0. The van der Waals surface area contributed by atoms with Gasteiger partial charge in [0.2, 0.25) is 0 Å². The SMILES string of the molecule is CC1(C)O[C@H]2O[C@@H]3C=CC(=O)O[C@@H]3[C@H]2O1. The second-order valence-corrected chi connectivity index (χ2v) is 4.33. The van der Waals surface area contributed by atoms with E-state index in [1.807, 2.05) is 13.8 Å². The number of rotatable bonds is 0. The Labute approximate surface area is 86.9 Å². The van der Waals surface area contributed by atoms with E-state index in [1.165, 1.54) is 6.08 Å². The summed E-state index contributed by atoms with van der Waals surface area (Å²) in [6, 6.07) is 0. The Morgan fingerprint density at radius 2 is 2.07 bits per heavy atom. The van der Waals surface area contributed by atoms with Gasteiger partial charge in [0.25, 0.3) is 0 Å². The molecule has 4 atom stereocenters. The molecule has 3 heterocycles. The molecular weight excluding hydrogens is 200 g/mol. The van der Waals surface area contributed by atoms with Crippen molar-refractivity contribution < 1.29 is 23.7 Å². The second kappa shape index (κ2) is 2.81. The third-order valence-electron chi connectivity index (χ3n) is 2.70. The minimum Gasteiger partial charge on any atom is -0.453 e. The average Bonchev–Trinajstić information content (AvgIpc) is 2.58. The van der Waals surface area contributed by atoms with Crippen molar-refractivity contribution in [3.05, 3.63) is 12.2 Å². The molecule has 0 N–H and O–H groups in total. The number of carbonyl (C=O) groups is 1. The van der Waals surface area contributed by atoms with Crippen molar-refractivity contribution in [3.8, 4) is 0 Å². The van der Waals surface area contributed by atoms with E-state index in [1.54, 1.807) is 6.08 Å². The molecule has 0 bridgehead atoms. The van der Waals surface area contributed by atoms with E-state index in [2.05, 4.69) is 0 Å². The van der Waals surface area contributed by atoms with E-state index in [-0.39, 0.29) is 24.3 Å². The lowest BCUT2D eigenvalue weighted by Gasteiger charge is -2.25. The number of hydrogen-bond acceptors (Lipinski definition) is 5. The summed E-state index contributed by atoms with van der Waals surface area (Å²) in [7, 11) is 0. The molecule has 0 aromatic rings. The quantitative estimate of drug-likeness (QED) is 0.542. The van der Waals surface area contributed by atoms with Gasteiger partial charge in [-0.3, -0.25) is 0 Å². The second-order valence-electron chi connectivity index (χ2n) is 4.33. The van der Waals surface area contributed by atoms with E-state index >= 15 is 0 Å². The van der Waals surface area contributed by atoms with Gasteiger partial charge in [-0.15, -0.1) is 0 Å². The molecule has 0 saturated carbocycles. The molecular formula is C10H12O5. The maximum atomic E-state index is 11.1. The maximum absolute atomic E-state index is 11.1. The van der Waals surface area contributed by atoms with Crippen LogP contribution in [0.15, 0.2) is 12.2 Å². The molecule has 0 unspecified atom stereocenters. The summed E-state index contributed by atoms with van der Waals surface area (Å²) in [6.07, 6.45) is 1.68. The van der Waals surface area contributed by atoms with Crippen LogP contribution in [0.5, 0.6) is 0 Å². The van der Waals surface area contributed by atoms with Gasteiger partial charge in [0.15, 0.2) is 24.3 Å². The van der Waals surface area contributed by atoms with Gasteiger partial charge in [0.1, 0.15) is 6.10 Å². The van der Waals surface area contributed by atoms with Gasteiger partial charge in [0.05, 0.1) is 0 Å². The van der Waals surface area contributed by atoms with Crippen molar-refractivity contribution in [1.29, 1.82) is 0 Å². The number of carbonyl (C=O) groups excluding carboxylic acids is 1. The van der Waals surface area contributed by atoms with Gasteiger partial charge in [-0.1, -0.05) is 0 Å². The van der Waals surface area contributed by atoms with Crippen molar-refractivity contribution in [3.63, 3.8) is 0 Å². The summed E-state index contributed by atoms with van der Waals surface area (Å²) in [5.41, 5.74) is 0. The van der Waals surface area contributed by atoms with Gasteiger partial charge in [-0.25, -0.2) is 4.79 Å². The highest BCUT2D eigenvalue weighted by molar-refractivity contribution is 5.83. The van der Waals surface area contributed by atoms with E-state index < -0.39 is 12.1 Å². The number of hydrogen-bond donors (Lipinski definition) is 0. The summed E-state index contributed by atoms with van der Waals surface area (Å²) in [5.74, 6) is -1.03. The van der Waals surface area contributed by atoms with Gasteiger partial charge in [0, 0.05) is 6.08 Å². The van der Waals surface area contributed by atoms with Crippen LogP contribution in [-0.4, -0.2) is 36.4 Å². The summed E-state index contributed by atoms with van der Waals surface area (Å²) in [6.45, 7) is 3.62. The van der Waals surface area contributed by atoms with Crippen LogP contribution in [0.1, 0.15) is 13.8 Å². The lowest BCUT2D eigenvalue weighted by Crippen LogP contribution is -2.39. The Balaban J connectivity index is 1.84. The van der Waals surface area contributed by atoms with Crippen molar-refractivity contribution in [2.45, 2.75) is 44.2 Å².